The number of hydrogen-bond donors (Lipinski definition) is 0. The molecule has 1 aliphatic rings. The van der Waals surface area contributed by atoms with Crippen LogP contribution >= 0.6 is 0 Å². The molecule has 3 heterocycles. The first-order valence-corrected chi connectivity index (χ1v) is 11.4. The molecule has 0 aliphatic carbocycles. The van der Waals surface area contributed by atoms with Crippen molar-refractivity contribution in [1.29, 1.82) is 0 Å². The summed E-state index contributed by atoms with van der Waals surface area (Å²) in [6, 6.07) is 19.3. The van der Waals surface area contributed by atoms with E-state index in [2.05, 4.69) is 74.3 Å². The minimum atomic E-state index is -0.212. The van der Waals surface area contributed by atoms with Gasteiger partial charge in [-0.1, -0.05) is 53.7 Å². The van der Waals surface area contributed by atoms with Crippen LogP contribution in [0.15, 0.2) is 60.8 Å². The van der Waals surface area contributed by atoms with E-state index < -0.39 is 0 Å². The van der Waals surface area contributed by atoms with Crippen LogP contribution in [0.25, 0.3) is 10.9 Å². The second-order valence-corrected chi connectivity index (χ2v) is 8.54. The van der Waals surface area contributed by atoms with Gasteiger partial charge in [-0.3, -0.25) is 4.79 Å². The van der Waals surface area contributed by atoms with Gasteiger partial charge in [0.15, 0.2) is 0 Å². The summed E-state index contributed by atoms with van der Waals surface area (Å²) in [7, 11) is 0. The fourth-order valence-electron chi connectivity index (χ4n) is 4.87. The monoisotopic (exact) mass is 428 g/mol. The van der Waals surface area contributed by atoms with Crippen LogP contribution < -0.4 is 0 Å². The normalized spacial score (nSPS) is 15.6. The predicted molar refractivity (Wildman–Crippen MR) is 124 cm³/mol. The van der Waals surface area contributed by atoms with Crippen molar-refractivity contribution in [2.45, 2.75) is 51.6 Å². The number of esters is 1. The molecule has 1 unspecified atom stereocenters. The number of para-hydroxylation sites is 1. The lowest BCUT2D eigenvalue weighted by Crippen LogP contribution is -2.24. The van der Waals surface area contributed by atoms with Crippen LogP contribution in [0, 0.1) is 0 Å². The van der Waals surface area contributed by atoms with Gasteiger partial charge in [-0.25, -0.2) is 4.68 Å². The molecule has 0 bridgehead atoms. The van der Waals surface area contributed by atoms with E-state index in [0.717, 1.165) is 44.3 Å². The standard InChI is InChI=1S/C26H28N4O2/c1-19(31)32-15-7-11-24-23-10-5-6-12-25(23)29-18-22(13-14-26(24)29)30-17-21(27-28-30)16-20-8-3-2-4-9-20/h2-6,8-10,12,17,22H,7,11,13-16,18H2,1H3. The van der Waals surface area contributed by atoms with E-state index in [1.54, 1.807) is 0 Å². The summed E-state index contributed by atoms with van der Waals surface area (Å²) in [4.78, 5) is 11.1. The molecule has 1 aliphatic heterocycles. The van der Waals surface area contributed by atoms with Crippen molar-refractivity contribution in [3.05, 3.63) is 83.3 Å². The Kier molecular flexibility index (Phi) is 5.75. The third-order valence-corrected chi connectivity index (χ3v) is 6.34. The Balaban J connectivity index is 1.36. The minimum Gasteiger partial charge on any atom is -0.466 e. The first-order valence-electron chi connectivity index (χ1n) is 11.4. The number of benzene rings is 2. The Hall–Kier alpha value is -3.41. The van der Waals surface area contributed by atoms with Crippen molar-refractivity contribution < 1.29 is 9.53 Å². The van der Waals surface area contributed by atoms with Crippen molar-refractivity contribution in [2.75, 3.05) is 6.61 Å². The summed E-state index contributed by atoms with van der Waals surface area (Å²) >= 11 is 0. The Bertz CT molecular complexity index is 1230. The number of carbonyl (C=O) groups is 1. The third-order valence-electron chi connectivity index (χ3n) is 6.34. The van der Waals surface area contributed by atoms with Gasteiger partial charge in [0.2, 0.25) is 0 Å². The highest BCUT2D eigenvalue weighted by atomic mass is 16.5. The molecule has 0 fully saturated rings. The largest absolute Gasteiger partial charge is 0.466 e. The summed E-state index contributed by atoms with van der Waals surface area (Å²) in [6.45, 7) is 2.83. The fourth-order valence-corrected chi connectivity index (χ4v) is 4.87. The minimum absolute atomic E-state index is 0.212. The van der Waals surface area contributed by atoms with Crippen molar-refractivity contribution in [2.24, 2.45) is 0 Å². The highest BCUT2D eigenvalue weighted by Gasteiger charge is 2.26. The summed E-state index contributed by atoms with van der Waals surface area (Å²) in [6.07, 6.45) is 6.73. The lowest BCUT2D eigenvalue weighted by Gasteiger charge is -2.26. The van der Waals surface area contributed by atoms with E-state index >= 15 is 0 Å². The second-order valence-electron chi connectivity index (χ2n) is 8.54. The first-order chi connectivity index (χ1) is 15.7. The lowest BCUT2D eigenvalue weighted by atomic mass is 9.99. The average molecular weight is 429 g/mol. The van der Waals surface area contributed by atoms with Gasteiger partial charge >= 0.3 is 5.97 Å². The van der Waals surface area contributed by atoms with E-state index in [9.17, 15) is 4.79 Å². The number of hydrogen-bond acceptors (Lipinski definition) is 4. The molecule has 2 aromatic carbocycles. The maximum atomic E-state index is 11.1. The summed E-state index contributed by atoms with van der Waals surface area (Å²) in [5.41, 5.74) is 6.34. The molecule has 0 saturated carbocycles. The molecule has 6 heteroatoms. The Morgan fingerprint density at radius 1 is 1.12 bits per heavy atom. The summed E-state index contributed by atoms with van der Waals surface area (Å²) in [5, 5.41) is 10.2. The van der Waals surface area contributed by atoms with Crippen molar-refractivity contribution in [1.82, 2.24) is 19.6 Å². The lowest BCUT2D eigenvalue weighted by molar-refractivity contribution is -0.141. The molecule has 0 saturated heterocycles. The molecule has 2 aromatic heterocycles. The van der Waals surface area contributed by atoms with E-state index in [1.807, 2.05) is 6.07 Å². The molecule has 1 atom stereocenters. The van der Waals surface area contributed by atoms with Gasteiger partial charge in [-0.2, -0.15) is 0 Å². The van der Waals surface area contributed by atoms with Gasteiger partial charge in [0.25, 0.3) is 0 Å². The van der Waals surface area contributed by atoms with Crippen LogP contribution in [0.4, 0.5) is 0 Å². The smallest absolute Gasteiger partial charge is 0.302 e. The van der Waals surface area contributed by atoms with Gasteiger partial charge in [-0.15, -0.1) is 5.10 Å². The van der Waals surface area contributed by atoms with Crippen LogP contribution in [0.2, 0.25) is 0 Å². The Morgan fingerprint density at radius 2 is 1.94 bits per heavy atom. The van der Waals surface area contributed by atoms with Crippen LogP contribution in [0.5, 0.6) is 0 Å². The van der Waals surface area contributed by atoms with Crippen LogP contribution in [-0.4, -0.2) is 32.1 Å². The number of rotatable bonds is 7. The first kappa shape index (κ1) is 20.5. The zero-order valence-electron chi connectivity index (χ0n) is 18.4. The molecule has 0 spiro atoms. The van der Waals surface area contributed by atoms with Crippen LogP contribution in [0.1, 0.15) is 48.3 Å². The zero-order chi connectivity index (χ0) is 21.9. The molecule has 0 N–H and O–H groups in total. The number of carbonyl (C=O) groups excluding carboxylic acids is 1. The van der Waals surface area contributed by atoms with E-state index in [4.69, 9.17) is 4.74 Å². The maximum Gasteiger partial charge on any atom is 0.302 e. The van der Waals surface area contributed by atoms with Gasteiger partial charge < -0.3 is 9.30 Å². The van der Waals surface area contributed by atoms with E-state index in [0.29, 0.717) is 12.6 Å². The number of fused-ring (bicyclic) bond motifs is 3. The molecule has 0 radical (unpaired) electrons. The molecular formula is C26H28N4O2. The van der Waals surface area contributed by atoms with E-state index in [1.165, 1.54) is 34.6 Å². The highest BCUT2D eigenvalue weighted by molar-refractivity contribution is 5.85. The molecule has 5 rings (SSSR count). The predicted octanol–water partition coefficient (Wildman–Crippen LogP) is 4.51. The Labute approximate surface area is 187 Å². The van der Waals surface area contributed by atoms with Gasteiger partial charge in [0.05, 0.1) is 18.3 Å². The quantitative estimate of drug-likeness (QED) is 0.321. The number of ether oxygens (including phenoxy) is 1. The van der Waals surface area contributed by atoms with E-state index in [-0.39, 0.29) is 5.97 Å². The molecule has 164 valence electrons. The number of aryl methyl sites for hydroxylation is 1. The zero-order valence-corrected chi connectivity index (χ0v) is 18.4. The maximum absolute atomic E-state index is 11.1. The Morgan fingerprint density at radius 3 is 2.78 bits per heavy atom. The topological polar surface area (TPSA) is 61.9 Å². The van der Waals surface area contributed by atoms with Gasteiger partial charge in [-0.05, 0) is 42.9 Å². The SMILES string of the molecule is CC(=O)OCCCc1c2n(c3ccccc13)CC(n1cc(Cc3ccccc3)nn1)CC2. The summed E-state index contributed by atoms with van der Waals surface area (Å²) in [5.74, 6) is -0.212. The molecule has 32 heavy (non-hydrogen) atoms. The fraction of sp³-hybridized carbons (Fsp3) is 0.346. The van der Waals surface area contributed by atoms with Gasteiger partial charge in [0.1, 0.15) is 0 Å². The summed E-state index contributed by atoms with van der Waals surface area (Å²) < 4.78 is 9.67. The third kappa shape index (κ3) is 4.17. The molecule has 4 aromatic rings. The van der Waals surface area contributed by atoms with Crippen LogP contribution in [-0.2, 0) is 35.3 Å². The van der Waals surface area contributed by atoms with Crippen molar-refractivity contribution in [3.8, 4) is 0 Å². The van der Waals surface area contributed by atoms with Crippen molar-refractivity contribution in [3.63, 3.8) is 0 Å². The molecule has 6 nitrogen and oxygen atoms in total. The number of aromatic nitrogens is 4. The van der Waals surface area contributed by atoms with Gasteiger partial charge in [0, 0.05) is 42.7 Å². The van der Waals surface area contributed by atoms with Crippen LogP contribution in [0.3, 0.4) is 0 Å². The number of nitrogens with zero attached hydrogens (tertiary/aromatic N) is 4. The second kappa shape index (κ2) is 8.99. The molecular weight excluding hydrogens is 400 g/mol. The highest BCUT2D eigenvalue weighted by Crippen LogP contribution is 2.34. The average Bonchev–Trinajstić information content (AvgIpc) is 3.40. The molecule has 0 amide bonds. The van der Waals surface area contributed by atoms with Crippen molar-refractivity contribution >= 4 is 16.9 Å².